The Morgan fingerprint density at radius 3 is 2.63 bits per heavy atom. The molecule has 1 aliphatic heterocycles. The summed E-state index contributed by atoms with van der Waals surface area (Å²) in [7, 11) is -2.51. The fraction of sp³-hybridized carbons (Fsp3) is 0.280. The van der Waals surface area contributed by atoms with E-state index in [1.807, 2.05) is 0 Å². The van der Waals surface area contributed by atoms with Crippen molar-refractivity contribution in [2.45, 2.75) is 37.1 Å². The molecule has 4 rings (SSSR count). The van der Waals surface area contributed by atoms with Gasteiger partial charge in [-0.3, -0.25) is 14.3 Å². The monoisotopic (exact) mass is 497 g/mol. The summed E-state index contributed by atoms with van der Waals surface area (Å²) in [6.45, 7) is 2.11. The first kappa shape index (κ1) is 24.3. The lowest BCUT2D eigenvalue weighted by atomic mass is 10.0. The quantitative estimate of drug-likeness (QED) is 0.509. The van der Waals surface area contributed by atoms with Crippen LogP contribution in [0, 0.1) is 6.92 Å². The third kappa shape index (κ3) is 5.32. The van der Waals surface area contributed by atoms with E-state index >= 15 is 0 Å². The van der Waals surface area contributed by atoms with Crippen molar-refractivity contribution in [1.29, 1.82) is 0 Å². The molecule has 10 heteroatoms. The molecular formula is C25H27N3O6S. The first-order chi connectivity index (χ1) is 16.8. The maximum Gasteiger partial charge on any atom is 0.290 e. The number of sulfonamides is 1. The number of rotatable bonds is 7. The molecule has 2 amide bonds. The van der Waals surface area contributed by atoms with E-state index in [0.29, 0.717) is 35.7 Å². The molecule has 0 spiro atoms. The van der Waals surface area contributed by atoms with Crippen molar-refractivity contribution in [2.24, 2.45) is 0 Å². The van der Waals surface area contributed by atoms with Crippen LogP contribution in [-0.4, -0.2) is 44.8 Å². The molecule has 2 N–H and O–H groups in total. The van der Waals surface area contributed by atoms with Gasteiger partial charge in [-0.2, -0.15) is 0 Å². The summed E-state index contributed by atoms with van der Waals surface area (Å²) in [6.07, 6.45) is 3.51. The van der Waals surface area contributed by atoms with Crippen LogP contribution >= 0.6 is 0 Å². The Morgan fingerprint density at radius 1 is 1.09 bits per heavy atom. The van der Waals surface area contributed by atoms with Gasteiger partial charge < -0.3 is 19.4 Å². The van der Waals surface area contributed by atoms with Gasteiger partial charge in [-0.15, -0.1) is 0 Å². The highest BCUT2D eigenvalue weighted by Crippen LogP contribution is 2.29. The van der Waals surface area contributed by atoms with Gasteiger partial charge in [-0.1, -0.05) is 18.2 Å². The molecule has 9 nitrogen and oxygen atoms in total. The molecule has 2 aromatic carbocycles. The molecule has 0 saturated carbocycles. The largest absolute Gasteiger partial charge is 0.495 e. The number of carbonyl (C=O) groups is 2. The maximum atomic E-state index is 13.2. The number of aryl methyl sites for hydroxylation is 1. The molecule has 2 heterocycles. The Labute approximate surface area is 204 Å². The number of piperidine rings is 1. The molecule has 1 fully saturated rings. The molecule has 1 unspecified atom stereocenters. The van der Waals surface area contributed by atoms with Crippen molar-refractivity contribution in [3.8, 4) is 5.75 Å². The predicted molar refractivity (Wildman–Crippen MR) is 131 cm³/mol. The van der Waals surface area contributed by atoms with E-state index in [2.05, 4.69) is 10.0 Å². The molecule has 1 aromatic heterocycles. The second-order valence-corrected chi connectivity index (χ2v) is 9.91. The highest BCUT2D eigenvalue weighted by Gasteiger charge is 2.34. The molecule has 1 atom stereocenters. The van der Waals surface area contributed by atoms with E-state index in [-0.39, 0.29) is 22.5 Å². The van der Waals surface area contributed by atoms with Crippen molar-refractivity contribution < 1.29 is 27.2 Å². The highest BCUT2D eigenvalue weighted by atomic mass is 32.2. The maximum absolute atomic E-state index is 13.2. The van der Waals surface area contributed by atoms with Gasteiger partial charge in [0, 0.05) is 12.2 Å². The molecular weight excluding hydrogens is 470 g/mol. The number of ether oxygens (including phenoxy) is 1. The fourth-order valence-electron chi connectivity index (χ4n) is 4.11. The fourth-order valence-corrected chi connectivity index (χ4v) is 5.45. The van der Waals surface area contributed by atoms with Crippen LogP contribution in [0.2, 0.25) is 0 Å². The summed E-state index contributed by atoms with van der Waals surface area (Å²) < 4.78 is 39.3. The van der Waals surface area contributed by atoms with E-state index in [9.17, 15) is 18.0 Å². The lowest BCUT2D eigenvalue weighted by Crippen LogP contribution is -2.49. The van der Waals surface area contributed by atoms with Crippen LogP contribution in [0.1, 0.15) is 35.4 Å². The van der Waals surface area contributed by atoms with Gasteiger partial charge in [-0.05, 0) is 68.1 Å². The average Bonchev–Trinajstić information content (AvgIpc) is 3.40. The zero-order valence-corrected chi connectivity index (χ0v) is 20.3. The van der Waals surface area contributed by atoms with E-state index in [1.165, 1.54) is 24.3 Å². The van der Waals surface area contributed by atoms with Crippen molar-refractivity contribution in [3.05, 3.63) is 72.2 Å². The van der Waals surface area contributed by atoms with Gasteiger partial charge >= 0.3 is 0 Å². The number of methoxy groups -OCH3 is 1. The van der Waals surface area contributed by atoms with E-state index in [0.717, 1.165) is 12.8 Å². The van der Waals surface area contributed by atoms with Crippen LogP contribution in [0.5, 0.6) is 5.75 Å². The molecule has 184 valence electrons. The van der Waals surface area contributed by atoms with Crippen molar-refractivity contribution in [3.63, 3.8) is 0 Å². The van der Waals surface area contributed by atoms with Crippen LogP contribution < -0.4 is 14.8 Å². The minimum absolute atomic E-state index is 0.0216. The van der Waals surface area contributed by atoms with E-state index in [1.54, 1.807) is 55.5 Å². The van der Waals surface area contributed by atoms with Gasteiger partial charge in [-0.25, -0.2) is 8.42 Å². The number of benzene rings is 2. The van der Waals surface area contributed by atoms with Gasteiger partial charge in [0.25, 0.3) is 15.9 Å². The normalized spacial score (nSPS) is 15.9. The molecule has 0 radical (unpaired) electrons. The Hall–Kier alpha value is -3.79. The van der Waals surface area contributed by atoms with Crippen molar-refractivity contribution in [2.75, 3.05) is 23.7 Å². The number of hydrogen-bond donors (Lipinski definition) is 2. The number of likely N-dealkylation sites (tertiary alicyclic amines) is 1. The lowest BCUT2D eigenvalue weighted by Gasteiger charge is -2.34. The Kier molecular flexibility index (Phi) is 7.11. The summed E-state index contributed by atoms with van der Waals surface area (Å²) in [5.41, 5.74) is 1.13. The molecule has 0 bridgehead atoms. The Bertz CT molecular complexity index is 1320. The average molecular weight is 498 g/mol. The van der Waals surface area contributed by atoms with Crippen LogP contribution in [0.4, 0.5) is 11.4 Å². The lowest BCUT2D eigenvalue weighted by molar-refractivity contribution is -0.121. The van der Waals surface area contributed by atoms with Crippen molar-refractivity contribution in [1.82, 2.24) is 4.90 Å². The number of nitrogens with zero attached hydrogens (tertiary/aromatic N) is 1. The van der Waals surface area contributed by atoms with Gasteiger partial charge in [0.2, 0.25) is 5.91 Å². The topological polar surface area (TPSA) is 118 Å². The first-order valence-corrected chi connectivity index (χ1v) is 12.7. The minimum atomic E-state index is -3.97. The highest BCUT2D eigenvalue weighted by molar-refractivity contribution is 7.92. The van der Waals surface area contributed by atoms with Gasteiger partial charge in [0.05, 0.1) is 24.0 Å². The van der Waals surface area contributed by atoms with E-state index < -0.39 is 16.1 Å². The van der Waals surface area contributed by atoms with Gasteiger partial charge in [0.15, 0.2) is 5.76 Å². The van der Waals surface area contributed by atoms with Crippen LogP contribution in [-0.2, 0) is 14.8 Å². The summed E-state index contributed by atoms with van der Waals surface area (Å²) in [6, 6.07) is 13.9. The summed E-state index contributed by atoms with van der Waals surface area (Å²) in [5.74, 6) is -0.162. The van der Waals surface area contributed by atoms with Crippen molar-refractivity contribution >= 4 is 33.2 Å². The third-order valence-electron chi connectivity index (χ3n) is 5.89. The zero-order chi connectivity index (χ0) is 25.0. The molecule has 1 saturated heterocycles. The zero-order valence-electron chi connectivity index (χ0n) is 19.5. The standard InChI is InChI=1S/C25H27N3O6S/c1-17-12-13-18(16-23(17)35(31,32)27-19-8-3-4-10-21(19)33-2)26-24(29)20-9-5-6-14-28(20)25(30)22-11-7-15-34-22/h3-4,7-8,10-13,15-16,20,27H,5-6,9,14H2,1-2H3,(H,26,29). The van der Waals surface area contributed by atoms with Crippen LogP contribution in [0.3, 0.4) is 0 Å². The summed E-state index contributed by atoms with van der Waals surface area (Å²) in [5, 5.41) is 2.79. The third-order valence-corrected chi connectivity index (χ3v) is 7.40. The summed E-state index contributed by atoms with van der Waals surface area (Å²) in [4.78, 5) is 27.5. The van der Waals surface area contributed by atoms with Crippen LogP contribution in [0.15, 0.2) is 70.2 Å². The number of furan rings is 1. The molecule has 0 aliphatic carbocycles. The molecule has 3 aromatic rings. The SMILES string of the molecule is COc1ccccc1NS(=O)(=O)c1cc(NC(=O)C2CCCCN2C(=O)c2ccco2)ccc1C. The molecule has 1 aliphatic rings. The van der Waals surface area contributed by atoms with Gasteiger partial charge in [0.1, 0.15) is 11.8 Å². The van der Waals surface area contributed by atoms with Crippen LogP contribution in [0.25, 0.3) is 0 Å². The number of amides is 2. The first-order valence-electron chi connectivity index (χ1n) is 11.2. The Morgan fingerprint density at radius 2 is 1.89 bits per heavy atom. The van der Waals surface area contributed by atoms with E-state index in [4.69, 9.17) is 9.15 Å². The smallest absolute Gasteiger partial charge is 0.290 e. The number of para-hydroxylation sites is 2. The summed E-state index contributed by atoms with van der Waals surface area (Å²) >= 11 is 0. The second-order valence-electron chi connectivity index (χ2n) is 8.26. The number of hydrogen-bond acceptors (Lipinski definition) is 6. The number of nitrogens with one attached hydrogen (secondary N) is 2. The number of carbonyl (C=O) groups excluding carboxylic acids is 2. The predicted octanol–water partition coefficient (Wildman–Crippen LogP) is 4.03. The Balaban J connectivity index is 1.55. The minimum Gasteiger partial charge on any atom is -0.495 e. The number of anilines is 2. The molecule has 35 heavy (non-hydrogen) atoms. The second kappa shape index (κ2) is 10.2.